The Morgan fingerprint density at radius 1 is 1.11 bits per heavy atom. The number of amides is 4. The van der Waals surface area contributed by atoms with E-state index in [2.05, 4.69) is 20.6 Å². The van der Waals surface area contributed by atoms with Crippen LogP contribution in [0.25, 0.3) is 16.7 Å². The van der Waals surface area contributed by atoms with Gasteiger partial charge in [0.25, 0.3) is 5.91 Å². The Bertz CT molecular complexity index is 2410. The summed E-state index contributed by atoms with van der Waals surface area (Å²) in [5, 5.41) is 5.91. The zero-order valence-corrected chi connectivity index (χ0v) is 35.7. The van der Waals surface area contributed by atoms with Gasteiger partial charge in [-0.2, -0.15) is 18.2 Å². The topological polar surface area (TPSA) is 190 Å². The second-order valence-corrected chi connectivity index (χ2v) is 20.0. The Balaban J connectivity index is 1.26. The number of sulfonamides is 1. The molecule has 1 aromatic carbocycles. The minimum atomic E-state index is -4.94. The third kappa shape index (κ3) is 8.57. The van der Waals surface area contributed by atoms with E-state index >= 15 is 0 Å². The van der Waals surface area contributed by atoms with E-state index in [0.717, 1.165) is 4.90 Å². The van der Waals surface area contributed by atoms with Crippen LogP contribution in [-0.4, -0.2) is 105 Å². The number of fused-ring (bicyclic) bond motifs is 5. The van der Waals surface area contributed by atoms with Crippen LogP contribution >= 0.6 is 11.6 Å². The third-order valence-electron chi connectivity index (χ3n) is 12.3. The van der Waals surface area contributed by atoms with Crippen molar-refractivity contribution in [3.63, 3.8) is 0 Å². The third-order valence-corrected chi connectivity index (χ3v) is 14.7. The number of halogens is 5. The summed E-state index contributed by atoms with van der Waals surface area (Å²) in [6.07, 6.45) is -0.940. The Labute approximate surface area is 354 Å². The largest absolute Gasteiger partial charge is 0.472 e. The van der Waals surface area contributed by atoms with E-state index in [9.17, 15) is 45.2 Å². The molecule has 3 fully saturated rings. The fourth-order valence-corrected chi connectivity index (χ4v) is 9.82. The molecule has 2 aliphatic heterocycles. The first-order valence-electron chi connectivity index (χ1n) is 20.1. The highest BCUT2D eigenvalue weighted by Crippen LogP contribution is 2.48. The predicted molar refractivity (Wildman–Crippen MR) is 214 cm³/mol. The first kappa shape index (κ1) is 44.3. The molecule has 7 rings (SSSR count). The quantitative estimate of drug-likeness (QED) is 0.193. The van der Waals surface area contributed by atoms with Crippen LogP contribution in [0.1, 0.15) is 78.3 Å². The molecule has 332 valence electrons. The molecule has 4 aliphatic rings. The molecule has 0 bridgehead atoms. The average molecular weight is 898 g/mol. The molecule has 61 heavy (non-hydrogen) atoms. The maximum atomic E-state index is 14.8. The van der Waals surface area contributed by atoms with Crippen molar-refractivity contribution >= 4 is 62.1 Å². The van der Waals surface area contributed by atoms with E-state index in [1.165, 1.54) is 0 Å². The standard InChI is InChI=1S/C40H48ClF4N7O8S/c1-21-8-6-7-9-24-17-39(24,34(55)50-61(57,58)38(20-42)12-13-38)49-31(53)29-16-26(59-32-27-15-25(41)10-11-28(27)52-18-23(3)46-35(52)48-32)19-51(29)33(54)30(22(2)14-21)47-36(56)60-37(4,5)40(43,44)45/h7,9-11,15,18,21-22,24,26,29-30H,6,8,12-14,16-17,19-20H2,1-5H3,(H,47,56)(H,49,53)(H,50,55)/b9-7-/t21-,22+,24+,26+,29-,30-,39+/m0/s1. The van der Waals surface area contributed by atoms with Gasteiger partial charge >= 0.3 is 12.3 Å². The smallest absolute Gasteiger partial charge is 0.427 e. The summed E-state index contributed by atoms with van der Waals surface area (Å²) in [5.74, 6) is -3.85. The molecule has 15 nitrogen and oxygen atoms in total. The van der Waals surface area contributed by atoms with Crippen LogP contribution in [0.4, 0.5) is 22.4 Å². The lowest BCUT2D eigenvalue weighted by atomic mass is 9.88. The maximum absolute atomic E-state index is 14.8. The van der Waals surface area contributed by atoms with E-state index in [-0.39, 0.29) is 49.8 Å². The molecule has 3 N–H and O–H groups in total. The van der Waals surface area contributed by atoms with Gasteiger partial charge in [-0.15, -0.1) is 0 Å². The normalized spacial score (nSPS) is 28.8. The van der Waals surface area contributed by atoms with Crippen LogP contribution < -0.4 is 20.1 Å². The molecule has 2 aromatic heterocycles. The summed E-state index contributed by atoms with van der Waals surface area (Å²) < 4.78 is 95.0. The summed E-state index contributed by atoms with van der Waals surface area (Å²) in [5.41, 5.74) is -3.42. The number of imidazole rings is 1. The highest BCUT2D eigenvalue weighted by Gasteiger charge is 2.64. The monoisotopic (exact) mass is 897 g/mol. The summed E-state index contributed by atoms with van der Waals surface area (Å²) in [4.78, 5) is 66.8. The second kappa shape index (κ2) is 15.9. The van der Waals surface area contributed by atoms with Gasteiger partial charge in [0.15, 0.2) is 0 Å². The number of aryl methyl sites for hydroxylation is 1. The van der Waals surface area contributed by atoms with Gasteiger partial charge in [0.2, 0.25) is 39.1 Å². The summed E-state index contributed by atoms with van der Waals surface area (Å²) in [7, 11) is -4.48. The molecule has 0 radical (unpaired) electrons. The zero-order valence-electron chi connectivity index (χ0n) is 34.1. The molecule has 7 atom stereocenters. The van der Waals surface area contributed by atoms with Gasteiger partial charge in [-0.3, -0.25) is 23.5 Å². The molecular formula is C40H48ClF4N7O8S. The molecule has 2 aliphatic carbocycles. The highest BCUT2D eigenvalue weighted by atomic mass is 35.5. The molecule has 4 heterocycles. The molecule has 21 heteroatoms. The number of hydrogen-bond donors (Lipinski definition) is 3. The maximum Gasteiger partial charge on any atom is 0.427 e. The number of alkyl halides is 4. The van der Waals surface area contributed by atoms with Crippen molar-refractivity contribution in [2.75, 3.05) is 13.2 Å². The lowest BCUT2D eigenvalue weighted by Crippen LogP contribution is -2.60. The average Bonchev–Trinajstić information content (AvgIpc) is 4.03. The number of ether oxygens (including phenoxy) is 2. The molecule has 4 amide bonds. The predicted octanol–water partition coefficient (Wildman–Crippen LogP) is 5.46. The second-order valence-electron chi connectivity index (χ2n) is 17.5. The Kier molecular flexibility index (Phi) is 11.5. The SMILES string of the molecule is Cc1cn2c(n1)nc(O[C@@H]1C[C@H]3C(=O)N[C@]4(C(=O)NS(=O)(=O)C5(CF)CC5)C[C@H]4/C=C\CC[C@H](C)C[C@@H](C)[C@H](NC(=O)OC(C)(C)C(F)(F)F)C(=O)N3C1)c1cc(Cl)ccc12. The van der Waals surface area contributed by atoms with Crippen molar-refractivity contribution in [3.8, 4) is 5.88 Å². The van der Waals surface area contributed by atoms with Crippen molar-refractivity contribution < 1.29 is 54.6 Å². The molecule has 0 unspecified atom stereocenters. The van der Waals surface area contributed by atoms with E-state index in [1.54, 1.807) is 54.8 Å². The first-order valence-corrected chi connectivity index (χ1v) is 22.0. The number of nitrogens with one attached hydrogen (secondary N) is 3. The van der Waals surface area contributed by atoms with E-state index in [1.807, 2.05) is 11.6 Å². The molecule has 3 aromatic rings. The number of hydrogen-bond acceptors (Lipinski definition) is 10. The minimum absolute atomic E-state index is 0.00216. The number of carbonyl (C=O) groups excluding carboxylic acids is 4. The summed E-state index contributed by atoms with van der Waals surface area (Å²) >= 11 is 6.39. The van der Waals surface area contributed by atoms with Crippen LogP contribution in [0, 0.1) is 24.7 Å². The van der Waals surface area contributed by atoms with Crippen molar-refractivity contribution in [1.29, 1.82) is 0 Å². The number of rotatable bonds is 8. The Morgan fingerprint density at radius 3 is 2.51 bits per heavy atom. The first-order chi connectivity index (χ1) is 28.5. The van der Waals surface area contributed by atoms with Gasteiger partial charge in [-0.05, 0) is 89.3 Å². The number of allylic oxidation sites excluding steroid dienone is 1. The van der Waals surface area contributed by atoms with E-state index in [4.69, 9.17) is 21.1 Å². The van der Waals surface area contributed by atoms with Crippen molar-refractivity contribution in [2.24, 2.45) is 17.8 Å². The minimum Gasteiger partial charge on any atom is -0.472 e. The van der Waals surface area contributed by atoms with Crippen LogP contribution in [0.5, 0.6) is 5.88 Å². The summed E-state index contributed by atoms with van der Waals surface area (Å²) in [6.45, 7) is 5.19. The highest BCUT2D eigenvalue weighted by molar-refractivity contribution is 7.91. The van der Waals surface area contributed by atoms with Crippen LogP contribution in [0.15, 0.2) is 36.5 Å². The van der Waals surface area contributed by atoms with Crippen molar-refractivity contribution in [2.45, 2.75) is 120 Å². The number of benzene rings is 1. The van der Waals surface area contributed by atoms with E-state index in [0.29, 0.717) is 54.7 Å². The van der Waals surface area contributed by atoms with Gasteiger partial charge in [-0.1, -0.05) is 37.6 Å². The molecule has 2 saturated carbocycles. The number of alkyl carbamates (subject to hydrolysis) is 1. The zero-order chi connectivity index (χ0) is 44.4. The fraction of sp³-hybridized carbons (Fsp3) is 0.600. The molecule has 0 spiro atoms. The summed E-state index contributed by atoms with van der Waals surface area (Å²) in [6, 6.07) is 2.13. The number of aromatic nitrogens is 3. The number of carbonyl (C=O) groups is 4. The lowest BCUT2D eigenvalue weighted by molar-refractivity contribution is -0.244. The Hall–Kier alpha value is -4.72. The van der Waals surface area contributed by atoms with Gasteiger partial charge < -0.3 is 25.0 Å². The van der Waals surface area contributed by atoms with Crippen molar-refractivity contribution in [1.82, 2.24) is 34.6 Å². The van der Waals surface area contributed by atoms with Crippen LogP contribution in [0.3, 0.4) is 0 Å². The van der Waals surface area contributed by atoms with Crippen LogP contribution in [0.2, 0.25) is 5.02 Å². The van der Waals surface area contributed by atoms with E-state index < -0.39 is 92.6 Å². The van der Waals surface area contributed by atoms with Gasteiger partial charge in [0, 0.05) is 23.6 Å². The molecule has 1 saturated heterocycles. The molecular weight excluding hydrogens is 850 g/mol. The lowest BCUT2D eigenvalue weighted by Gasteiger charge is -2.34. The van der Waals surface area contributed by atoms with Crippen LogP contribution in [-0.2, 0) is 29.1 Å². The van der Waals surface area contributed by atoms with Crippen molar-refractivity contribution in [3.05, 3.63) is 47.3 Å². The number of nitrogens with zero attached hydrogens (tertiary/aromatic N) is 4. The van der Waals surface area contributed by atoms with Gasteiger partial charge in [-0.25, -0.2) is 22.6 Å². The van der Waals surface area contributed by atoms with Gasteiger partial charge in [0.05, 0.1) is 23.1 Å². The fourth-order valence-electron chi connectivity index (χ4n) is 8.23. The Morgan fingerprint density at radius 2 is 1.84 bits per heavy atom. The van der Waals surface area contributed by atoms with Gasteiger partial charge in [0.1, 0.15) is 35.1 Å².